The van der Waals surface area contributed by atoms with Crippen LogP contribution in [-0.4, -0.2) is 25.8 Å². The van der Waals surface area contributed by atoms with E-state index in [4.69, 9.17) is 18.9 Å². The number of hydrogen-bond acceptors (Lipinski definition) is 5. The van der Waals surface area contributed by atoms with Crippen molar-refractivity contribution < 1.29 is 28.1 Å². The SMILES string of the molecule is CCCCCCCCCC1COC(c2ccc(C(=O)Oc3ccc(OCCC)cc3)cc2F)OC1. The molecule has 0 amide bonds. The van der Waals surface area contributed by atoms with Crippen molar-refractivity contribution >= 4 is 5.97 Å². The monoisotopic (exact) mass is 486 g/mol. The summed E-state index contributed by atoms with van der Waals surface area (Å²) in [6.07, 6.45) is 10.2. The maximum atomic E-state index is 14.8. The van der Waals surface area contributed by atoms with Crippen molar-refractivity contribution in [3.05, 3.63) is 59.4 Å². The number of carbonyl (C=O) groups is 1. The maximum Gasteiger partial charge on any atom is 0.343 e. The fourth-order valence-electron chi connectivity index (χ4n) is 4.11. The van der Waals surface area contributed by atoms with Gasteiger partial charge in [0.15, 0.2) is 6.29 Å². The summed E-state index contributed by atoms with van der Waals surface area (Å²) in [4.78, 5) is 12.5. The number of unbranched alkanes of at least 4 members (excludes halogenated alkanes) is 6. The number of hydrogen-bond donors (Lipinski definition) is 0. The first kappa shape index (κ1) is 27.2. The minimum atomic E-state index is -0.749. The summed E-state index contributed by atoms with van der Waals surface area (Å²) in [5.74, 6) is 0.252. The van der Waals surface area contributed by atoms with Gasteiger partial charge >= 0.3 is 5.97 Å². The van der Waals surface area contributed by atoms with Crippen molar-refractivity contribution in [3.63, 3.8) is 0 Å². The van der Waals surface area contributed by atoms with Gasteiger partial charge in [0, 0.05) is 11.5 Å². The largest absolute Gasteiger partial charge is 0.494 e. The van der Waals surface area contributed by atoms with Gasteiger partial charge in [0.1, 0.15) is 17.3 Å². The summed E-state index contributed by atoms with van der Waals surface area (Å²) in [7, 11) is 0. The number of esters is 1. The zero-order valence-corrected chi connectivity index (χ0v) is 21.1. The predicted octanol–water partition coefficient (Wildman–Crippen LogP) is 7.64. The lowest BCUT2D eigenvalue weighted by Gasteiger charge is -2.30. The van der Waals surface area contributed by atoms with Crippen LogP contribution >= 0.6 is 0 Å². The second-order valence-electron chi connectivity index (χ2n) is 9.22. The number of rotatable bonds is 14. The minimum absolute atomic E-state index is 0.130. The summed E-state index contributed by atoms with van der Waals surface area (Å²) in [6, 6.07) is 11.0. The Morgan fingerprint density at radius 2 is 1.54 bits per heavy atom. The first-order valence-corrected chi connectivity index (χ1v) is 13.1. The van der Waals surface area contributed by atoms with E-state index in [2.05, 4.69) is 6.92 Å². The summed E-state index contributed by atoms with van der Waals surface area (Å²) in [6.45, 7) is 6.00. The Balaban J connectivity index is 1.43. The van der Waals surface area contributed by atoms with Gasteiger partial charge in [-0.2, -0.15) is 0 Å². The van der Waals surface area contributed by atoms with Gasteiger partial charge in [-0.3, -0.25) is 0 Å². The van der Waals surface area contributed by atoms with Gasteiger partial charge in [0.25, 0.3) is 0 Å². The number of benzene rings is 2. The van der Waals surface area contributed by atoms with Gasteiger partial charge in [-0.1, -0.05) is 64.9 Å². The van der Waals surface area contributed by atoms with Crippen LogP contribution in [0.3, 0.4) is 0 Å². The lowest BCUT2D eigenvalue weighted by Crippen LogP contribution is -2.27. The Hall–Kier alpha value is -2.44. The Morgan fingerprint density at radius 1 is 0.886 bits per heavy atom. The van der Waals surface area contributed by atoms with Crippen LogP contribution in [0.2, 0.25) is 0 Å². The molecule has 2 aromatic carbocycles. The van der Waals surface area contributed by atoms with Crippen molar-refractivity contribution in [3.8, 4) is 11.5 Å². The third-order valence-corrected chi connectivity index (χ3v) is 6.18. The number of carbonyl (C=O) groups excluding carboxylic acids is 1. The zero-order valence-electron chi connectivity index (χ0n) is 21.1. The van der Waals surface area contributed by atoms with E-state index in [0.717, 1.165) is 12.8 Å². The third-order valence-electron chi connectivity index (χ3n) is 6.18. The summed E-state index contributed by atoms with van der Waals surface area (Å²) in [5.41, 5.74) is 0.429. The van der Waals surface area contributed by atoms with Crippen LogP contribution in [0.15, 0.2) is 42.5 Å². The average molecular weight is 487 g/mol. The van der Waals surface area contributed by atoms with E-state index in [1.807, 2.05) is 6.92 Å². The number of halogens is 1. The first-order chi connectivity index (χ1) is 17.1. The Morgan fingerprint density at radius 3 is 2.20 bits per heavy atom. The molecular weight excluding hydrogens is 447 g/mol. The van der Waals surface area contributed by atoms with E-state index >= 15 is 0 Å². The number of ether oxygens (including phenoxy) is 4. The Kier molecular flexibility index (Phi) is 11.5. The predicted molar refractivity (Wildman–Crippen MR) is 134 cm³/mol. The van der Waals surface area contributed by atoms with Crippen molar-refractivity contribution in [2.24, 2.45) is 5.92 Å². The van der Waals surface area contributed by atoms with E-state index < -0.39 is 18.1 Å². The molecular formula is C29H39FO5. The lowest BCUT2D eigenvalue weighted by molar-refractivity contribution is -0.207. The highest BCUT2D eigenvalue weighted by atomic mass is 19.1. The molecule has 1 fully saturated rings. The van der Waals surface area contributed by atoms with Crippen LogP contribution in [0.1, 0.15) is 93.8 Å². The molecule has 1 saturated heterocycles. The van der Waals surface area contributed by atoms with E-state index in [9.17, 15) is 9.18 Å². The van der Waals surface area contributed by atoms with Crippen LogP contribution < -0.4 is 9.47 Å². The standard InChI is InChI=1S/C29H39FO5/c1-3-5-6-7-8-9-10-11-22-20-33-29(34-21-22)26-17-12-23(19-27(26)30)28(31)35-25-15-13-24(14-16-25)32-18-4-2/h12-17,19,22,29H,3-11,18,20-21H2,1-2H3. The quantitative estimate of drug-likeness (QED) is 0.156. The van der Waals surface area contributed by atoms with Crippen molar-refractivity contribution in [2.45, 2.75) is 77.9 Å². The van der Waals surface area contributed by atoms with Gasteiger partial charge in [-0.15, -0.1) is 0 Å². The Labute approximate surface area is 208 Å². The fraction of sp³-hybridized carbons (Fsp3) is 0.552. The van der Waals surface area contributed by atoms with Gasteiger partial charge in [-0.25, -0.2) is 9.18 Å². The molecule has 0 atom stereocenters. The molecule has 0 radical (unpaired) electrons. The fourth-order valence-corrected chi connectivity index (χ4v) is 4.11. The normalized spacial score (nSPS) is 17.8. The van der Waals surface area contributed by atoms with E-state index in [0.29, 0.717) is 42.8 Å². The molecule has 1 aliphatic rings. The van der Waals surface area contributed by atoms with Gasteiger partial charge in [0.05, 0.1) is 25.4 Å². The van der Waals surface area contributed by atoms with Crippen LogP contribution in [-0.2, 0) is 9.47 Å². The zero-order chi connectivity index (χ0) is 24.9. The molecule has 6 heteroatoms. The molecule has 2 aromatic rings. The van der Waals surface area contributed by atoms with Crippen LogP contribution in [0.4, 0.5) is 4.39 Å². The molecule has 0 aliphatic carbocycles. The molecule has 1 aliphatic heterocycles. The van der Waals surface area contributed by atoms with Gasteiger partial charge in [-0.05, 0) is 49.2 Å². The van der Waals surface area contributed by atoms with E-state index in [-0.39, 0.29) is 5.56 Å². The van der Waals surface area contributed by atoms with E-state index in [1.54, 1.807) is 24.3 Å². The smallest absolute Gasteiger partial charge is 0.343 e. The summed E-state index contributed by atoms with van der Waals surface area (Å²) >= 11 is 0. The molecule has 3 rings (SSSR count). The van der Waals surface area contributed by atoms with Crippen molar-refractivity contribution in [2.75, 3.05) is 19.8 Å². The lowest BCUT2D eigenvalue weighted by atomic mass is 10.0. The highest BCUT2D eigenvalue weighted by molar-refractivity contribution is 5.91. The van der Waals surface area contributed by atoms with E-state index in [1.165, 1.54) is 63.1 Å². The summed E-state index contributed by atoms with van der Waals surface area (Å²) in [5, 5.41) is 0. The topological polar surface area (TPSA) is 54.0 Å². The molecule has 0 saturated carbocycles. The Bertz CT molecular complexity index is 890. The molecule has 0 spiro atoms. The molecule has 1 heterocycles. The highest BCUT2D eigenvalue weighted by Crippen LogP contribution is 2.30. The third kappa shape index (κ3) is 8.93. The molecule has 0 bridgehead atoms. The van der Waals surface area contributed by atoms with Crippen molar-refractivity contribution in [1.82, 2.24) is 0 Å². The average Bonchev–Trinajstić information content (AvgIpc) is 2.88. The summed E-state index contributed by atoms with van der Waals surface area (Å²) < 4.78 is 37.3. The minimum Gasteiger partial charge on any atom is -0.494 e. The molecule has 35 heavy (non-hydrogen) atoms. The highest BCUT2D eigenvalue weighted by Gasteiger charge is 2.26. The van der Waals surface area contributed by atoms with Gasteiger partial charge < -0.3 is 18.9 Å². The second-order valence-corrected chi connectivity index (χ2v) is 9.22. The first-order valence-electron chi connectivity index (χ1n) is 13.1. The molecule has 192 valence electrons. The van der Waals surface area contributed by atoms with Crippen molar-refractivity contribution in [1.29, 1.82) is 0 Å². The van der Waals surface area contributed by atoms with Crippen LogP contribution in [0.5, 0.6) is 11.5 Å². The van der Waals surface area contributed by atoms with Crippen LogP contribution in [0.25, 0.3) is 0 Å². The van der Waals surface area contributed by atoms with Crippen LogP contribution in [0, 0.1) is 11.7 Å². The molecule has 5 nitrogen and oxygen atoms in total. The molecule has 0 aromatic heterocycles. The second kappa shape index (κ2) is 14.8. The van der Waals surface area contributed by atoms with Gasteiger partial charge in [0.2, 0.25) is 0 Å². The molecule has 0 N–H and O–H groups in total. The molecule has 0 unspecified atom stereocenters. The maximum absolute atomic E-state index is 14.8.